The maximum atomic E-state index is 11.6. The van der Waals surface area contributed by atoms with Crippen LogP contribution < -0.4 is 5.73 Å². The van der Waals surface area contributed by atoms with Gasteiger partial charge in [0.2, 0.25) is 0 Å². The van der Waals surface area contributed by atoms with Crippen molar-refractivity contribution in [3.63, 3.8) is 0 Å². The number of hydrogen-bond donors (Lipinski definition) is 1. The van der Waals surface area contributed by atoms with E-state index in [1.165, 1.54) is 4.90 Å². The number of amides is 1. The fourth-order valence-corrected chi connectivity index (χ4v) is 0.955. The first-order valence-corrected chi connectivity index (χ1v) is 4.72. The lowest BCUT2D eigenvalue weighted by atomic mass is 10.2. The second kappa shape index (κ2) is 4.21. The van der Waals surface area contributed by atoms with E-state index in [2.05, 4.69) is 0 Å². The Kier molecular flexibility index (Phi) is 3.19. The van der Waals surface area contributed by atoms with E-state index in [9.17, 15) is 4.79 Å². The summed E-state index contributed by atoms with van der Waals surface area (Å²) >= 11 is 0. The molecule has 0 aliphatic carbocycles. The van der Waals surface area contributed by atoms with Crippen molar-refractivity contribution in [1.29, 1.82) is 0 Å². The molecule has 4 nitrogen and oxygen atoms in total. The predicted molar refractivity (Wildman–Crippen MR) is 58.6 cm³/mol. The van der Waals surface area contributed by atoms with Crippen molar-refractivity contribution >= 4 is 6.09 Å². The van der Waals surface area contributed by atoms with E-state index >= 15 is 0 Å². The van der Waals surface area contributed by atoms with Gasteiger partial charge in [0.05, 0.1) is 0 Å². The molecule has 0 radical (unpaired) electrons. The van der Waals surface area contributed by atoms with Gasteiger partial charge in [0.15, 0.2) is 0 Å². The molecule has 0 saturated heterocycles. The van der Waals surface area contributed by atoms with E-state index in [-0.39, 0.29) is 0 Å². The maximum Gasteiger partial charge on any atom is 0.418 e. The first-order chi connectivity index (χ1) is 6.88. The summed E-state index contributed by atoms with van der Waals surface area (Å²) in [5.41, 5.74) is 5.67. The molecular formula is C11H16N2O2. The first-order valence-electron chi connectivity index (χ1n) is 4.72. The zero-order chi connectivity index (χ0) is 11.5. The number of hydrogen-bond acceptors (Lipinski definition) is 3. The molecule has 1 aliphatic heterocycles. The second-order valence-corrected chi connectivity index (χ2v) is 4.21. The van der Waals surface area contributed by atoms with E-state index < -0.39 is 11.7 Å². The van der Waals surface area contributed by atoms with Crippen LogP contribution in [0.5, 0.6) is 0 Å². The topological polar surface area (TPSA) is 55.6 Å². The fraction of sp³-hybridized carbons (Fsp3) is 0.364. The molecule has 0 aromatic rings. The van der Waals surface area contributed by atoms with Crippen LogP contribution in [0.4, 0.5) is 4.79 Å². The van der Waals surface area contributed by atoms with Crippen molar-refractivity contribution in [2.24, 2.45) is 5.73 Å². The number of rotatable bonds is 0. The van der Waals surface area contributed by atoms with Gasteiger partial charge in [0.1, 0.15) is 5.60 Å². The van der Waals surface area contributed by atoms with Gasteiger partial charge >= 0.3 is 6.09 Å². The Morgan fingerprint density at radius 3 is 2.67 bits per heavy atom. The summed E-state index contributed by atoms with van der Waals surface area (Å²) in [4.78, 5) is 13.0. The number of nitrogens with zero attached hydrogens (tertiary/aromatic N) is 1. The lowest BCUT2D eigenvalue weighted by molar-refractivity contribution is 0.0400. The second-order valence-electron chi connectivity index (χ2n) is 4.21. The molecule has 0 saturated carbocycles. The monoisotopic (exact) mass is 208 g/mol. The Bertz CT molecular complexity index is 335. The highest BCUT2D eigenvalue weighted by molar-refractivity contribution is 5.71. The van der Waals surface area contributed by atoms with Crippen molar-refractivity contribution in [3.05, 3.63) is 36.3 Å². The van der Waals surface area contributed by atoms with Crippen LogP contribution in [0.15, 0.2) is 36.3 Å². The van der Waals surface area contributed by atoms with E-state index in [0.717, 1.165) is 0 Å². The molecule has 0 spiro atoms. The van der Waals surface area contributed by atoms with Gasteiger partial charge in [-0.2, -0.15) is 0 Å². The number of ether oxygens (including phenoxy) is 1. The summed E-state index contributed by atoms with van der Waals surface area (Å²) in [5.74, 6) is 0. The Balaban J connectivity index is 2.67. The summed E-state index contributed by atoms with van der Waals surface area (Å²) < 4.78 is 5.19. The van der Waals surface area contributed by atoms with Crippen molar-refractivity contribution in [3.8, 4) is 0 Å². The molecule has 4 heteroatoms. The van der Waals surface area contributed by atoms with Crippen LogP contribution in [0.3, 0.4) is 0 Å². The summed E-state index contributed by atoms with van der Waals surface area (Å²) in [5, 5.41) is 0. The van der Waals surface area contributed by atoms with Crippen molar-refractivity contribution < 1.29 is 9.53 Å². The van der Waals surface area contributed by atoms with Gasteiger partial charge in [-0.1, -0.05) is 0 Å². The van der Waals surface area contributed by atoms with E-state index in [1.54, 1.807) is 30.6 Å². The van der Waals surface area contributed by atoms with Crippen LogP contribution in [-0.4, -0.2) is 16.6 Å². The zero-order valence-corrected chi connectivity index (χ0v) is 9.23. The summed E-state index contributed by atoms with van der Waals surface area (Å²) in [6.07, 6.45) is 7.80. The van der Waals surface area contributed by atoms with E-state index in [4.69, 9.17) is 10.5 Å². The minimum absolute atomic E-state index is 0.418. The standard InChI is InChI=1S/C11H16N2O2/c1-11(2,3)15-10(14)13-7-4-5-9(12)6-8-13/h4-8H,12H2,1-3H3. The van der Waals surface area contributed by atoms with Crippen LogP contribution in [-0.2, 0) is 4.74 Å². The smallest absolute Gasteiger partial charge is 0.418 e. The minimum Gasteiger partial charge on any atom is -0.443 e. The third-order valence-corrected chi connectivity index (χ3v) is 1.57. The van der Waals surface area contributed by atoms with Crippen LogP contribution in [0.2, 0.25) is 0 Å². The lowest BCUT2D eigenvalue weighted by Gasteiger charge is -2.22. The fourth-order valence-electron chi connectivity index (χ4n) is 0.955. The highest BCUT2D eigenvalue weighted by Crippen LogP contribution is 2.11. The summed E-state index contributed by atoms with van der Waals surface area (Å²) in [7, 11) is 0. The Morgan fingerprint density at radius 1 is 1.40 bits per heavy atom. The number of nitrogens with two attached hydrogens (primary N) is 1. The van der Waals surface area contributed by atoms with Gasteiger partial charge in [-0.15, -0.1) is 0 Å². The number of carbonyl (C=O) groups excluding carboxylic acids is 1. The first kappa shape index (κ1) is 11.4. The molecule has 1 rings (SSSR count). The summed E-state index contributed by atoms with van der Waals surface area (Å²) in [6, 6.07) is 0. The molecule has 0 unspecified atom stereocenters. The maximum absolute atomic E-state index is 11.6. The zero-order valence-electron chi connectivity index (χ0n) is 9.23. The molecule has 0 fully saturated rings. The molecule has 15 heavy (non-hydrogen) atoms. The van der Waals surface area contributed by atoms with Gasteiger partial charge in [-0.3, -0.25) is 4.90 Å². The molecule has 1 heterocycles. The average Bonchev–Trinajstić information content (AvgIpc) is 2.26. The minimum atomic E-state index is -0.496. The predicted octanol–water partition coefficient (Wildman–Crippen LogP) is 2.11. The normalized spacial score (nSPS) is 15.9. The van der Waals surface area contributed by atoms with Crippen LogP contribution in [0, 0.1) is 0 Å². The molecule has 2 N–H and O–H groups in total. The third-order valence-electron chi connectivity index (χ3n) is 1.57. The molecule has 0 bridgehead atoms. The molecule has 0 aromatic heterocycles. The van der Waals surface area contributed by atoms with Crippen molar-refractivity contribution in [1.82, 2.24) is 4.90 Å². The van der Waals surface area contributed by atoms with Gasteiger partial charge in [-0.25, -0.2) is 4.79 Å². The number of allylic oxidation sites excluding steroid dienone is 3. The molecule has 0 atom stereocenters. The largest absolute Gasteiger partial charge is 0.443 e. The highest BCUT2D eigenvalue weighted by atomic mass is 16.6. The van der Waals surface area contributed by atoms with E-state index in [1.807, 2.05) is 20.8 Å². The van der Waals surface area contributed by atoms with E-state index in [0.29, 0.717) is 5.70 Å². The lowest BCUT2D eigenvalue weighted by Crippen LogP contribution is -2.30. The quantitative estimate of drug-likeness (QED) is 0.663. The highest BCUT2D eigenvalue weighted by Gasteiger charge is 2.19. The van der Waals surface area contributed by atoms with Gasteiger partial charge in [0, 0.05) is 18.1 Å². The van der Waals surface area contributed by atoms with Crippen LogP contribution in [0.1, 0.15) is 20.8 Å². The molecule has 1 aliphatic rings. The average molecular weight is 208 g/mol. The van der Waals surface area contributed by atoms with Crippen LogP contribution in [0.25, 0.3) is 0 Å². The van der Waals surface area contributed by atoms with Gasteiger partial charge in [0.25, 0.3) is 0 Å². The Hall–Kier alpha value is -1.71. The van der Waals surface area contributed by atoms with Gasteiger partial charge in [-0.05, 0) is 39.0 Å². The number of carbonyl (C=O) groups is 1. The summed E-state index contributed by atoms with van der Waals surface area (Å²) in [6.45, 7) is 5.47. The molecule has 0 aromatic carbocycles. The van der Waals surface area contributed by atoms with Crippen molar-refractivity contribution in [2.45, 2.75) is 26.4 Å². The Morgan fingerprint density at radius 2 is 2.07 bits per heavy atom. The molecule has 82 valence electrons. The molecular weight excluding hydrogens is 192 g/mol. The third kappa shape index (κ3) is 3.89. The Labute approximate surface area is 89.7 Å². The van der Waals surface area contributed by atoms with Crippen LogP contribution >= 0.6 is 0 Å². The van der Waals surface area contributed by atoms with Gasteiger partial charge < -0.3 is 10.5 Å². The van der Waals surface area contributed by atoms with Crippen molar-refractivity contribution in [2.75, 3.05) is 0 Å². The SMILES string of the molecule is CC(C)(C)OC(=O)N1C=CC=C(N)C=C1. The molecule has 1 amide bonds.